The molecule has 0 aliphatic heterocycles. The van der Waals surface area contributed by atoms with Gasteiger partial charge in [0.05, 0.1) is 16.2 Å². The number of aliphatic hydroxyl groups excluding tert-OH is 2. The second-order valence-corrected chi connectivity index (χ2v) is 7.43. The zero-order valence-electron chi connectivity index (χ0n) is 11.9. The van der Waals surface area contributed by atoms with Crippen LogP contribution in [0, 0.1) is 0 Å². The lowest BCUT2D eigenvalue weighted by Gasteiger charge is -2.18. The van der Waals surface area contributed by atoms with Gasteiger partial charge in [0.1, 0.15) is 6.10 Å². The van der Waals surface area contributed by atoms with Crippen molar-refractivity contribution in [2.24, 2.45) is 5.11 Å². The minimum atomic E-state index is -3.44. The molecular formula is C13H19N3O4S. The Bertz CT molecular complexity index is 624. The summed E-state index contributed by atoms with van der Waals surface area (Å²) in [7, 11) is -3.44. The molecule has 0 saturated carbocycles. The third-order valence-corrected chi connectivity index (χ3v) is 5.25. The lowest BCUT2D eigenvalue weighted by atomic mass is 10.0. The number of hydrogen-bond acceptors (Lipinski definition) is 5. The smallest absolute Gasteiger partial charge is 0.180 e. The van der Waals surface area contributed by atoms with Crippen LogP contribution in [-0.4, -0.2) is 36.5 Å². The standard InChI is InChI=1S/C13H19N3O4S/c1-9(2)21(19,20)11-5-3-4-10(8-11)13(18)12(17)6-7-15-16-14/h3-5,8-9,12-13,17-18H,6-7H2,1-2H3. The Kier molecular flexibility index (Phi) is 6.17. The van der Waals surface area contributed by atoms with Crippen molar-refractivity contribution in [1.29, 1.82) is 0 Å². The lowest BCUT2D eigenvalue weighted by molar-refractivity contribution is 0.0149. The van der Waals surface area contributed by atoms with Gasteiger partial charge < -0.3 is 10.2 Å². The van der Waals surface area contributed by atoms with Crippen LogP contribution < -0.4 is 0 Å². The quantitative estimate of drug-likeness (QED) is 0.453. The maximum Gasteiger partial charge on any atom is 0.180 e. The van der Waals surface area contributed by atoms with Crippen LogP contribution in [0.2, 0.25) is 0 Å². The van der Waals surface area contributed by atoms with Crippen LogP contribution in [0.15, 0.2) is 34.3 Å². The molecule has 2 atom stereocenters. The van der Waals surface area contributed by atoms with E-state index in [0.29, 0.717) is 5.56 Å². The van der Waals surface area contributed by atoms with Crippen molar-refractivity contribution in [3.63, 3.8) is 0 Å². The zero-order valence-corrected chi connectivity index (χ0v) is 12.7. The fourth-order valence-corrected chi connectivity index (χ4v) is 2.88. The summed E-state index contributed by atoms with van der Waals surface area (Å²) in [6.07, 6.45) is -2.28. The number of rotatable bonds is 7. The molecule has 7 nitrogen and oxygen atoms in total. The van der Waals surface area contributed by atoms with Crippen molar-refractivity contribution in [3.05, 3.63) is 40.3 Å². The molecule has 8 heteroatoms. The van der Waals surface area contributed by atoms with Crippen molar-refractivity contribution in [3.8, 4) is 0 Å². The Morgan fingerprint density at radius 2 is 2.00 bits per heavy atom. The minimum absolute atomic E-state index is 0.0543. The molecule has 1 rings (SSSR count). The minimum Gasteiger partial charge on any atom is -0.390 e. The van der Waals surface area contributed by atoms with Gasteiger partial charge in [0.2, 0.25) is 0 Å². The van der Waals surface area contributed by atoms with E-state index in [-0.39, 0.29) is 17.9 Å². The molecule has 1 aromatic rings. The third-order valence-electron chi connectivity index (χ3n) is 3.10. The van der Waals surface area contributed by atoms with Crippen molar-refractivity contribution >= 4 is 9.84 Å². The molecule has 0 aromatic heterocycles. The molecule has 2 N–H and O–H groups in total. The normalized spacial score (nSPS) is 14.5. The average molecular weight is 313 g/mol. The topological polar surface area (TPSA) is 123 Å². The van der Waals surface area contributed by atoms with Crippen molar-refractivity contribution in [2.45, 2.75) is 42.6 Å². The van der Waals surface area contributed by atoms with E-state index in [1.807, 2.05) is 0 Å². The predicted molar refractivity (Wildman–Crippen MR) is 78.4 cm³/mol. The first-order valence-electron chi connectivity index (χ1n) is 6.51. The van der Waals surface area contributed by atoms with E-state index in [9.17, 15) is 18.6 Å². The number of azide groups is 1. The van der Waals surface area contributed by atoms with Crippen molar-refractivity contribution in [2.75, 3.05) is 6.54 Å². The van der Waals surface area contributed by atoms with Crippen LogP contribution in [0.1, 0.15) is 31.9 Å². The molecule has 0 heterocycles. The molecular weight excluding hydrogens is 294 g/mol. The highest BCUT2D eigenvalue weighted by Gasteiger charge is 2.22. The van der Waals surface area contributed by atoms with E-state index < -0.39 is 27.3 Å². The third kappa shape index (κ3) is 4.44. The number of aliphatic hydroxyl groups is 2. The summed E-state index contributed by atoms with van der Waals surface area (Å²) < 4.78 is 24.2. The summed E-state index contributed by atoms with van der Waals surface area (Å²) in [5.74, 6) is 0. The van der Waals surface area contributed by atoms with Gasteiger partial charge in [-0.1, -0.05) is 17.2 Å². The molecule has 0 spiro atoms. The zero-order chi connectivity index (χ0) is 16.0. The molecule has 0 bridgehead atoms. The van der Waals surface area contributed by atoms with Gasteiger partial charge in [-0.15, -0.1) is 0 Å². The highest BCUT2D eigenvalue weighted by Crippen LogP contribution is 2.24. The summed E-state index contributed by atoms with van der Waals surface area (Å²) in [4.78, 5) is 2.67. The maximum absolute atomic E-state index is 12.1. The van der Waals surface area contributed by atoms with Crippen LogP contribution in [0.25, 0.3) is 10.4 Å². The van der Waals surface area contributed by atoms with Crippen LogP contribution >= 0.6 is 0 Å². The van der Waals surface area contributed by atoms with Gasteiger partial charge in [0.15, 0.2) is 9.84 Å². The first-order chi connectivity index (χ1) is 9.80. The monoisotopic (exact) mass is 313 g/mol. The average Bonchev–Trinajstić information content (AvgIpc) is 2.46. The predicted octanol–water partition coefficient (Wildman–Crippen LogP) is 1.96. The number of nitrogens with zero attached hydrogens (tertiary/aromatic N) is 3. The molecule has 0 saturated heterocycles. The molecule has 0 aliphatic carbocycles. The Labute approximate surface area is 123 Å². The summed E-state index contributed by atoms with van der Waals surface area (Å²) in [6, 6.07) is 5.88. The molecule has 0 amide bonds. The van der Waals surface area contributed by atoms with Crippen LogP contribution in [0.3, 0.4) is 0 Å². The van der Waals surface area contributed by atoms with Gasteiger partial charge in [0, 0.05) is 11.5 Å². The van der Waals surface area contributed by atoms with E-state index >= 15 is 0 Å². The van der Waals surface area contributed by atoms with Crippen molar-refractivity contribution in [1.82, 2.24) is 0 Å². The van der Waals surface area contributed by atoms with Crippen LogP contribution in [0.4, 0.5) is 0 Å². The van der Waals surface area contributed by atoms with Gasteiger partial charge in [-0.2, -0.15) is 0 Å². The molecule has 0 radical (unpaired) electrons. The fourth-order valence-electron chi connectivity index (χ4n) is 1.76. The van der Waals surface area contributed by atoms with E-state index in [1.54, 1.807) is 19.9 Å². The van der Waals surface area contributed by atoms with Crippen LogP contribution in [-0.2, 0) is 9.84 Å². The first-order valence-corrected chi connectivity index (χ1v) is 8.06. The number of sulfone groups is 1. The van der Waals surface area contributed by atoms with E-state index in [0.717, 1.165) is 0 Å². The Hall–Kier alpha value is -1.60. The second-order valence-electron chi connectivity index (χ2n) is 4.92. The summed E-state index contributed by atoms with van der Waals surface area (Å²) in [5.41, 5.74) is 8.47. The van der Waals surface area contributed by atoms with E-state index in [1.165, 1.54) is 18.2 Å². The number of benzene rings is 1. The largest absolute Gasteiger partial charge is 0.390 e. The summed E-state index contributed by atoms with van der Waals surface area (Å²) in [6.45, 7) is 3.21. The van der Waals surface area contributed by atoms with Gasteiger partial charge in [-0.05, 0) is 43.5 Å². The lowest BCUT2D eigenvalue weighted by Crippen LogP contribution is -2.20. The first kappa shape index (κ1) is 17.5. The second kappa shape index (κ2) is 7.42. The van der Waals surface area contributed by atoms with E-state index in [2.05, 4.69) is 10.0 Å². The van der Waals surface area contributed by atoms with Gasteiger partial charge in [0.25, 0.3) is 0 Å². The fraction of sp³-hybridized carbons (Fsp3) is 0.538. The SMILES string of the molecule is CC(C)S(=O)(=O)c1cccc(C(O)C(O)CCN=[N+]=[N-])c1. The van der Waals surface area contributed by atoms with Gasteiger partial charge >= 0.3 is 0 Å². The molecule has 0 fully saturated rings. The molecule has 21 heavy (non-hydrogen) atoms. The van der Waals surface area contributed by atoms with Gasteiger partial charge in [-0.25, -0.2) is 8.42 Å². The van der Waals surface area contributed by atoms with E-state index in [4.69, 9.17) is 5.53 Å². The molecule has 0 aliphatic rings. The highest BCUT2D eigenvalue weighted by atomic mass is 32.2. The Balaban J connectivity index is 2.97. The molecule has 1 aromatic carbocycles. The van der Waals surface area contributed by atoms with Crippen molar-refractivity contribution < 1.29 is 18.6 Å². The number of hydrogen-bond donors (Lipinski definition) is 2. The Morgan fingerprint density at radius 1 is 1.33 bits per heavy atom. The molecule has 2 unspecified atom stereocenters. The summed E-state index contributed by atoms with van der Waals surface area (Å²) >= 11 is 0. The van der Waals surface area contributed by atoms with Crippen LogP contribution in [0.5, 0.6) is 0 Å². The summed E-state index contributed by atoms with van der Waals surface area (Å²) in [5, 5.41) is 22.6. The highest BCUT2D eigenvalue weighted by molar-refractivity contribution is 7.92. The van der Waals surface area contributed by atoms with Gasteiger partial charge in [-0.3, -0.25) is 0 Å². The molecule has 116 valence electrons. The maximum atomic E-state index is 12.1. The Morgan fingerprint density at radius 3 is 2.57 bits per heavy atom.